The van der Waals surface area contributed by atoms with Gasteiger partial charge in [0.25, 0.3) is 5.89 Å². The molecular formula is C20H15BrN4O3. The standard InChI is InChI=1S/C20H15BrN4O3/c21-13-5-12(8-22-9-13)20-24-19(25-28-20)11-2-4-16-15(6-11)14-3-1-10(7-17(26)27)18(14)23-16/h2,4-6,8-10,23H,1,3,7H2,(H,26,27). The molecule has 2 N–H and O–H groups in total. The molecule has 0 aliphatic heterocycles. The Morgan fingerprint density at radius 3 is 3.00 bits per heavy atom. The molecule has 0 fully saturated rings. The molecule has 0 amide bonds. The molecule has 1 aromatic carbocycles. The topological polar surface area (TPSA) is 105 Å². The Labute approximate surface area is 167 Å². The van der Waals surface area contributed by atoms with Crippen LogP contribution in [0.5, 0.6) is 0 Å². The summed E-state index contributed by atoms with van der Waals surface area (Å²) in [7, 11) is 0. The van der Waals surface area contributed by atoms with Gasteiger partial charge in [0.2, 0.25) is 5.82 Å². The third kappa shape index (κ3) is 2.90. The number of hydrogen-bond donors (Lipinski definition) is 2. The van der Waals surface area contributed by atoms with Gasteiger partial charge in [0, 0.05) is 44.9 Å². The Kier molecular flexibility index (Phi) is 4.01. The molecule has 8 heteroatoms. The van der Waals surface area contributed by atoms with E-state index in [1.54, 1.807) is 12.4 Å². The molecule has 1 aliphatic rings. The molecule has 4 aromatic rings. The van der Waals surface area contributed by atoms with E-state index in [0.717, 1.165) is 45.0 Å². The van der Waals surface area contributed by atoms with Gasteiger partial charge in [0.15, 0.2) is 0 Å². The molecule has 1 atom stereocenters. The van der Waals surface area contributed by atoms with Crippen LogP contribution in [0, 0.1) is 0 Å². The zero-order valence-electron chi connectivity index (χ0n) is 14.6. The van der Waals surface area contributed by atoms with Crippen molar-refractivity contribution in [2.45, 2.75) is 25.2 Å². The van der Waals surface area contributed by atoms with Crippen LogP contribution in [-0.4, -0.2) is 31.2 Å². The van der Waals surface area contributed by atoms with E-state index in [4.69, 9.17) is 9.63 Å². The summed E-state index contributed by atoms with van der Waals surface area (Å²) in [6, 6.07) is 7.84. The fourth-order valence-corrected chi connectivity index (χ4v) is 4.25. The van der Waals surface area contributed by atoms with Crippen LogP contribution >= 0.6 is 15.9 Å². The number of carbonyl (C=O) groups is 1. The van der Waals surface area contributed by atoms with Crippen LogP contribution in [0.2, 0.25) is 0 Å². The summed E-state index contributed by atoms with van der Waals surface area (Å²) >= 11 is 3.39. The zero-order chi connectivity index (χ0) is 19.3. The maximum absolute atomic E-state index is 11.1. The minimum atomic E-state index is -0.765. The van der Waals surface area contributed by atoms with Gasteiger partial charge in [-0.1, -0.05) is 5.16 Å². The van der Waals surface area contributed by atoms with Crippen molar-refractivity contribution in [2.75, 3.05) is 0 Å². The Balaban J connectivity index is 1.52. The van der Waals surface area contributed by atoms with Crippen LogP contribution in [-0.2, 0) is 11.2 Å². The molecule has 0 saturated heterocycles. The Morgan fingerprint density at radius 2 is 2.18 bits per heavy atom. The van der Waals surface area contributed by atoms with E-state index in [0.29, 0.717) is 11.7 Å². The monoisotopic (exact) mass is 438 g/mol. The van der Waals surface area contributed by atoms with E-state index in [1.807, 2.05) is 24.3 Å². The molecule has 7 nitrogen and oxygen atoms in total. The van der Waals surface area contributed by atoms with Crippen LogP contribution in [0.4, 0.5) is 0 Å². The van der Waals surface area contributed by atoms with Crippen LogP contribution in [0.15, 0.2) is 45.7 Å². The molecule has 140 valence electrons. The Hall–Kier alpha value is -3.00. The van der Waals surface area contributed by atoms with Crippen molar-refractivity contribution in [1.82, 2.24) is 20.1 Å². The number of nitrogens with zero attached hydrogens (tertiary/aromatic N) is 3. The van der Waals surface area contributed by atoms with Crippen molar-refractivity contribution in [3.8, 4) is 22.8 Å². The lowest BCUT2D eigenvalue weighted by atomic mass is 10.0. The third-order valence-electron chi connectivity index (χ3n) is 5.15. The highest BCUT2D eigenvalue weighted by atomic mass is 79.9. The van der Waals surface area contributed by atoms with Gasteiger partial charge in [-0.3, -0.25) is 9.78 Å². The van der Waals surface area contributed by atoms with Crippen LogP contribution in [0.1, 0.15) is 30.0 Å². The Morgan fingerprint density at radius 1 is 1.29 bits per heavy atom. The highest BCUT2D eigenvalue weighted by Crippen LogP contribution is 2.40. The predicted molar refractivity (Wildman–Crippen MR) is 106 cm³/mol. The van der Waals surface area contributed by atoms with Crippen molar-refractivity contribution in [3.05, 3.63) is 52.4 Å². The number of hydrogen-bond acceptors (Lipinski definition) is 5. The van der Waals surface area contributed by atoms with Crippen molar-refractivity contribution in [2.24, 2.45) is 0 Å². The second-order valence-corrected chi connectivity index (χ2v) is 7.84. The fourth-order valence-electron chi connectivity index (χ4n) is 3.89. The first kappa shape index (κ1) is 17.1. The van der Waals surface area contributed by atoms with E-state index in [1.165, 1.54) is 5.56 Å². The number of fused-ring (bicyclic) bond motifs is 3. The van der Waals surface area contributed by atoms with Crippen LogP contribution in [0.25, 0.3) is 33.7 Å². The number of carboxylic acid groups (broad SMARTS) is 1. The minimum Gasteiger partial charge on any atom is -0.481 e. The molecule has 1 aliphatic carbocycles. The number of aromatic nitrogens is 4. The van der Waals surface area contributed by atoms with Gasteiger partial charge in [0.05, 0.1) is 12.0 Å². The van der Waals surface area contributed by atoms with E-state index in [9.17, 15) is 4.79 Å². The van der Waals surface area contributed by atoms with Gasteiger partial charge in [-0.2, -0.15) is 4.98 Å². The second kappa shape index (κ2) is 6.56. The number of benzene rings is 1. The van der Waals surface area contributed by atoms with Gasteiger partial charge >= 0.3 is 5.97 Å². The summed E-state index contributed by atoms with van der Waals surface area (Å²) in [4.78, 5) is 23.1. The predicted octanol–water partition coefficient (Wildman–Crippen LogP) is 4.55. The van der Waals surface area contributed by atoms with Crippen molar-refractivity contribution in [1.29, 1.82) is 0 Å². The molecule has 28 heavy (non-hydrogen) atoms. The molecule has 3 aromatic heterocycles. The summed E-state index contributed by atoms with van der Waals surface area (Å²) in [5.74, 6) is 0.194. The number of pyridine rings is 1. The van der Waals surface area contributed by atoms with Crippen LogP contribution < -0.4 is 0 Å². The first-order valence-corrected chi connectivity index (χ1v) is 9.69. The first-order valence-electron chi connectivity index (χ1n) is 8.90. The average Bonchev–Trinajstić information content (AvgIpc) is 3.37. The van der Waals surface area contributed by atoms with Gasteiger partial charge < -0.3 is 14.6 Å². The number of carboxylic acids is 1. The summed E-state index contributed by atoms with van der Waals surface area (Å²) < 4.78 is 6.25. The fraction of sp³-hybridized carbons (Fsp3) is 0.200. The third-order valence-corrected chi connectivity index (χ3v) is 5.58. The zero-order valence-corrected chi connectivity index (χ0v) is 16.2. The lowest BCUT2D eigenvalue weighted by Crippen LogP contribution is -2.03. The molecular weight excluding hydrogens is 424 g/mol. The number of rotatable bonds is 4. The van der Waals surface area contributed by atoms with Gasteiger partial charge in [-0.25, -0.2) is 0 Å². The molecule has 0 spiro atoms. The van der Waals surface area contributed by atoms with Crippen molar-refractivity contribution >= 4 is 32.8 Å². The maximum Gasteiger partial charge on any atom is 0.304 e. The normalized spacial score (nSPS) is 15.8. The second-order valence-electron chi connectivity index (χ2n) is 6.93. The molecule has 5 rings (SSSR count). The Bertz CT molecular complexity index is 1210. The van der Waals surface area contributed by atoms with Crippen molar-refractivity contribution in [3.63, 3.8) is 0 Å². The van der Waals surface area contributed by atoms with E-state index < -0.39 is 5.97 Å². The highest BCUT2D eigenvalue weighted by Gasteiger charge is 2.28. The molecule has 1 unspecified atom stereocenters. The van der Waals surface area contributed by atoms with E-state index >= 15 is 0 Å². The van der Waals surface area contributed by atoms with Crippen LogP contribution in [0.3, 0.4) is 0 Å². The maximum atomic E-state index is 11.1. The van der Waals surface area contributed by atoms with E-state index in [2.05, 4.69) is 36.0 Å². The number of H-pyrrole nitrogens is 1. The lowest BCUT2D eigenvalue weighted by molar-refractivity contribution is -0.137. The van der Waals surface area contributed by atoms with Gasteiger partial charge in [-0.05, 0) is 58.6 Å². The van der Waals surface area contributed by atoms with Gasteiger partial charge in [0.1, 0.15) is 0 Å². The smallest absolute Gasteiger partial charge is 0.304 e. The van der Waals surface area contributed by atoms with E-state index in [-0.39, 0.29) is 12.3 Å². The first-order chi connectivity index (χ1) is 13.6. The quantitative estimate of drug-likeness (QED) is 0.484. The summed E-state index contributed by atoms with van der Waals surface area (Å²) in [5.41, 5.74) is 4.84. The largest absolute Gasteiger partial charge is 0.481 e. The summed E-state index contributed by atoms with van der Waals surface area (Å²) in [5, 5.41) is 14.3. The highest BCUT2D eigenvalue weighted by molar-refractivity contribution is 9.10. The van der Waals surface area contributed by atoms with Crippen molar-refractivity contribution < 1.29 is 14.4 Å². The SMILES string of the molecule is O=C(O)CC1CCc2c1[nH]c1ccc(-c3noc(-c4cncc(Br)c4)n3)cc21. The molecule has 3 heterocycles. The molecule has 0 bridgehead atoms. The number of aliphatic carboxylic acids is 1. The number of halogens is 1. The summed E-state index contributed by atoms with van der Waals surface area (Å²) in [6.45, 7) is 0. The number of aryl methyl sites for hydroxylation is 1. The number of nitrogens with one attached hydrogen (secondary N) is 1. The lowest BCUT2D eigenvalue weighted by Gasteiger charge is -2.05. The number of aromatic amines is 1. The molecule has 0 saturated carbocycles. The average molecular weight is 439 g/mol. The van der Waals surface area contributed by atoms with Gasteiger partial charge in [-0.15, -0.1) is 0 Å². The molecule has 0 radical (unpaired) electrons. The summed E-state index contributed by atoms with van der Waals surface area (Å²) in [6.07, 6.45) is 5.25. The minimum absolute atomic E-state index is 0.0455.